The molecule has 2 heterocycles. The zero-order valence-electron chi connectivity index (χ0n) is 10.8. The van der Waals surface area contributed by atoms with Gasteiger partial charge in [-0.25, -0.2) is 9.78 Å². The number of pyridine rings is 1. The van der Waals surface area contributed by atoms with Gasteiger partial charge < -0.3 is 5.11 Å². The van der Waals surface area contributed by atoms with Crippen LogP contribution in [0.3, 0.4) is 0 Å². The number of carboxylic acid groups (broad SMARTS) is 1. The minimum Gasteiger partial charge on any atom is -0.478 e. The standard InChI is InChI=1S/C15H12N2O3/c1-17-13(18)7-11-6-12(8-16-14(11)17)9-3-2-4-10(5-9)15(19)20/h2-6,8H,7H2,1H3,(H,19,20). The molecule has 20 heavy (non-hydrogen) atoms. The highest BCUT2D eigenvalue weighted by Crippen LogP contribution is 2.29. The number of carbonyl (C=O) groups is 2. The van der Waals surface area contributed by atoms with Crippen LogP contribution in [-0.2, 0) is 11.2 Å². The van der Waals surface area contributed by atoms with Gasteiger partial charge in [0.25, 0.3) is 0 Å². The maximum Gasteiger partial charge on any atom is 0.335 e. The van der Waals surface area contributed by atoms with E-state index in [2.05, 4.69) is 4.98 Å². The van der Waals surface area contributed by atoms with E-state index >= 15 is 0 Å². The van der Waals surface area contributed by atoms with Gasteiger partial charge in [-0.05, 0) is 23.8 Å². The van der Waals surface area contributed by atoms with Crippen molar-refractivity contribution < 1.29 is 14.7 Å². The highest BCUT2D eigenvalue weighted by atomic mass is 16.4. The number of aromatic carboxylic acids is 1. The van der Waals surface area contributed by atoms with Crippen LogP contribution < -0.4 is 4.90 Å². The third-order valence-electron chi connectivity index (χ3n) is 3.42. The number of hydrogen-bond acceptors (Lipinski definition) is 3. The fourth-order valence-corrected chi connectivity index (χ4v) is 2.32. The highest BCUT2D eigenvalue weighted by molar-refractivity contribution is 6.00. The van der Waals surface area contributed by atoms with Crippen molar-refractivity contribution in [2.24, 2.45) is 0 Å². The Morgan fingerprint density at radius 3 is 2.85 bits per heavy atom. The molecule has 0 bridgehead atoms. The fraction of sp³-hybridized carbons (Fsp3) is 0.133. The summed E-state index contributed by atoms with van der Waals surface area (Å²) in [5.74, 6) is -0.270. The number of carboxylic acids is 1. The molecule has 1 amide bonds. The summed E-state index contributed by atoms with van der Waals surface area (Å²) in [6.07, 6.45) is 2.00. The Bertz CT molecular complexity index is 725. The predicted molar refractivity (Wildman–Crippen MR) is 73.7 cm³/mol. The van der Waals surface area contributed by atoms with Crippen molar-refractivity contribution in [2.75, 3.05) is 11.9 Å². The lowest BCUT2D eigenvalue weighted by Crippen LogP contribution is -2.21. The first-order valence-electron chi connectivity index (χ1n) is 6.15. The lowest BCUT2D eigenvalue weighted by molar-refractivity contribution is -0.117. The molecule has 1 aromatic carbocycles. The maximum absolute atomic E-state index is 11.6. The summed E-state index contributed by atoms with van der Waals surface area (Å²) in [6.45, 7) is 0. The molecule has 0 unspecified atom stereocenters. The van der Waals surface area contributed by atoms with Crippen LogP contribution >= 0.6 is 0 Å². The summed E-state index contributed by atoms with van der Waals surface area (Å²) < 4.78 is 0. The molecule has 5 heteroatoms. The number of fused-ring (bicyclic) bond motifs is 1. The zero-order valence-corrected chi connectivity index (χ0v) is 10.8. The van der Waals surface area contributed by atoms with E-state index in [-0.39, 0.29) is 11.5 Å². The molecule has 5 nitrogen and oxygen atoms in total. The third-order valence-corrected chi connectivity index (χ3v) is 3.42. The second-order valence-corrected chi connectivity index (χ2v) is 4.72. The predicted octanol–water partition coefficient (Wildman–Crippen LogP) is 1.97. The monoisotopic (exact) mass is 268 g/mol. The Hall–Kier alpha value is -2.69. The van der Waals surface area contributed by atoms with E-state index in [1.165, 1.54) is 4.90 Å². The van der Waals surface area contributed by atoms with Crippen LogP contribution in [-0.4, -0.2) is 29.0 Å². The van der Waals surface area contributed by atoms with Gasteiger partial charge in [0.15, 0.2) is 0 Å². The van der Waals surface area contributed by atoms with Crippen molar-refractivity contribution in [3.05, 3.63) is 47.7 Å². The summed E-state index contributed by atoms with van der Waals surface area (Å²) >= 11 is 0. The molecule has 1 aliphatic heterocycles. The molecule has 0 radical (unpaired) electrons. The molecule has 0 fully saturated rings. The Morgan fingerprint density at radius 2 is 2.10 bits per heavy atom. The van der Waals surface area contributed by atoms with Crippen LogP contribution in [0.4, 0.5) is 5.82 Å². The van der Waals surface area contributed by atoms with Crippen LogP contribution in [0.15, 0.2) is 36.5 Å². The van der Waals surface area contributed by atoms with E-state index in [4.69, 9.17) is 5.11 Å². The van der Waals surface area contributed by atoms with Crippen molar-refractivity contribution in [2.45, 2.75) is 6.42 Å². The van der Waals surface area contributed by atoms with Crippen LogP contribution in [0.5, 0.6) is 0 Å². The van der Waals surface area contributed by atoms with Crippen LogP contribution in [0.25, 0.3) is 11.1 Å². The molecule has 1 aromatic heterocycles. The smallest absolute Gasteiger partial charge is 0.335 e. The minimum atomic E-state index is -0.962. The SMILES string of the molecule is CN1C(=O)Cc2cc(-c3cccc(C(=O)O)c3)cnc21. The van der Waals surface area contributed by atoms with Crippen LogP contribution in [0, 0.1) is 0 Å². The van der Waals surface area contributed by atoms with E-state index in [0.29, 0.717) is 12.2 Å². The molecule has 3 rings (SSSR count). The van der Waals surface area contributed by atoms with Gasteiger partial charge in [-0.3, -0.25) is 9.69 Å². The molecule has 0 saturated carbocycles. The van der Waals surface area contributed by atoms with Crippen LogP contribution in [0.2, 0.25) is 0 Å². The van der Waals surface area contributed by atoms with Gasteiger partial charge in [0, 0.05) is 24.4 Å². The average Bonchev–Trinajstić information content (AvgIpc) is 2.74. The number of carbonyl (C=O) groups excluding carboxylic acids is 1. The molecular formula is C15H12N2O3. The number of aromatic nitrogens is 1. The second kappa shape index (κ2) is 4.45. The number of nitrogens with zero attached hydrogens (tertiary/aromatic N) is 2. The van der Waals surface area contributed by atoms with Crippen molar-refractivity contribution in [1.29, 1.82) is 0 Å². The number of hydrogen-bond donors (Lipinski definition) is 1. The van der Waals surface area contributed by atoms with Crippen molar-refractivity contribution in [3.8, 4) is 11.1 Å². The van der Waals surface area contributed by atoms with Gasteiger partial charge in [-0.2, -0.15) is 0 Å². The van der Waals surface area contributed by atoms with E-state index in [0.717, 1.165) is 16.7 Å². The van der Waals surface area contributed by atoms with Gasteiger partial charge in [-0.15, -0.1) is 0 Å². The Morgan fingerprint density at radius 1 is 1.30 bits per heavy atom. The lowest BCUT2D eigenvalue weighted by Gasteiger charge is -2.09. The van der Waals surface area contributed by atoms with Crippen LogP contribution in [0.1, 0.15) is 15.9 Å². The van der Waals surface area contributed by atoms with Gasteiger partial charge in [0.1, 0.15) is 5.82 Å². The van der Waals surface area contributed by atoms with E-state index in [1.807, 2.05) is 12.1 Å². The van der Waals surface area contributed by atoms with Gasteiger partial charge in [0.05, 0.1) is 12.0 Å². The van der Waals surface area contributed by atoms with Crippen molar-refractivity contribution in [1.82, 2.24) is 4.98 Å². The molecule has 1 aliphatic rings. The minimum absolute atomic E-state index is 0.0175. The lowest BCUT2D eigenvalue weighted by atomic mass is 10.0. The number of likely N-dealkylation sites (N-methyl/N-ethyl adjacent to an activating group) is 1. The molecular weight excluding hydrogens is 256 g/mol. The van der Waals surface area contributed by atoms with Gasteiger partial charge in [0.2, 0.25) is 5.91 Å². The number of benzene rings is 1. The molecule has 2 aromatic rings. The Balaban J connectivity index is 2.04. The average molecular weight is 268 g/mol. The largest absolute Gasteiger partial charge is 0.478 e. The normalized spacial score (nSPS) is 13.4. The first kappa shape index (κ1) is 12.3. The number of amides is 1. The molecule has 0 aliphatic carbocycles. The molecule has 0 spiro atoms. The summed E-state index contributed by atoms with van der Waals surface area (Å²) in [5.41, 5.74) is 2.70. The Labute approximate surface area is 115 Å². The third kappa shape index (κ3) is 1.93. The zero-order chi connectivity index (χ0) is 14.3. The summed E-state index contributed by atoms with van der Waals surface area (Å²) in [4.78, 5) is 28.5. The fourth-order valence-electron chi connectivity index (χ4n) is 2.32. The maximum atomic E-state index is 11.6. The van der Waals surface area contributed by atoms with Gasteiger partial charge in [-0.1, -0.05) is 12.1 Å². The van der Waals surface area contributed by atoms with E-state index in [9.17, 15) is 9.59 Å². The van der Waals surface area contributed by atoms with Gasteiger partial charge >= 0.3 is 5.97 Å². The Kier molecular flexibility index (Phi) is 2.75. The quantitative estimate of drug-likeness (QED) is 0.904. The van der Waals surface area contributed by atoms with Crippen molar-refractivity contribution >= 4 is 17.7 Å². The summed E-state index contributed by atoms with van der Waals surface area (Å²) in [6, 6.07) is 8.57. The van der Waals surface area contributed by atoms with E-state index in [1.54, 1.807) is 31.4 Å². The summed E-state index contributed by atoms with van der Waals surface area (Å²) in [7, 11) is 1.70. The number of anilines is 1. The summed E-state index contributed by atoms with van der Waals surface area (Å²) in [5, 5.41) is 9.01. The molecule has 0 atom stereocenters. The van der Waals surface area contributed by atoms with Crippen molar-refractivity contribution in [3.63, 3.8) is 0 Å². The second-order valence-electron chi connectivity index (χ2n) is 4.72. The highest BCUT2D eigenvalue weighted by Gasteiger charge is 2.25. The topological polar surface area (TPSA) is 70.5 Å². The molecule has 0 saturated heterocycles. The number of rotatable bonds is 2. The first-order valence-corrected chi connectivity index (χ1v) is 6.15. The first-order chi connectivity index (χ1) is 9.56. The molecule has 1 N–H and O–H groups in total. The molecule has 100 valence electrons. The van der Waals surface area contributed by atoms with E-state index < -0.39 is 5.97 Å².